The van der Waals surface area contributed by atoms with E-state index in [1.165, 1.54) is 5.57 Å². The second kappa shape index (κ2) is 5.54. The zero-order chi connectivity index (χ0) is 10.5. The molecule has 13 heavy (non-hydrogen) atoms. The summed E-state index contributed by atoms with van der Waals surface area (Å²) in [6, 6.07) is 0. The van der Waals surface area contributed by atoms with Crippen LogP contribution in [0.5, 0.6) is 0 Å². The second-order valence-electron chi connectivity index (χ2n) is 4.15. The van der Waals surface area contributed by atoms with E-state index in [-0.39, 0.29) is 5.41 Å². The number of thioether (sulfide) groups is 1. The van der Waals surface area contributed by atoms with Gasteiger partial charge in [0.15, 0.2) is 0 Å². The SMILES string of the molecule is C=CC(C)(C)C(C=C(C)C)SCC. The third-order valence-electron chi connectivity index (χ3n) is 2.09. The summed E-state index contributed by atoms with van der Waals surface area (Å²) in [4.78, 5) is 0. The quantitative estimate of drug-likeness (QED) is 0.594. The lowest BCUT2D eigenvalue weighted by atomic mass is 9.88. The molecule has 0 spiro atoms. The molecule has 0 bridgehead atoms. The van der Waals surface area contributed by atoms with E-state index in [4.69, 9.17) is 0 Å². The summed E-state index contributed by atoms with van der Waals surface area (Å²) in [5, 5.41) is 0.556. The Hall–Kier alpha value is -0.170. The van der Waals surface area contributed by atoms with Gasteiger partial charge in [-0.15, -0.1) is 6.58 Å². The van der Waals surface area contributed by atoms with Gasteiger partial charge in [0, 0.05) is 5.25 Å². The highest BCUT2D eigenvalue weighted by molar-refractivity contribution is 8.00. The van der Waals surface area contributed by atoms with Gasteiger partial charge >= 0.3 is 0 Å². The Morgan fingerprint density at radius 1 is 1.46 bits per heavy atom. The van der Waals surface area contributed by atoms with Crippen LogP contribution in [0.1, 0.15) is 34.6 Å². The Bertz CT molecular complexity index is 185. The van der Waals surface area contributed by atoms with Crippen LogP contribution in [0.15, 0.2) is 24.3 Å². The molecule has 0 aliphatic carbocycles. The largest absolute Gasteiger partial charge is 0.154 e. The molecular weight excluding hydrogens is 176 g/mol. The molecule has 0 aromatic carbocycles. The van der Waals surface area contributed by atoms with Crippen LogP contribution < -0.4 is 0 Å². The van der Waals surface area contributed by atoms with Crippen LogP contribution in [0.3, 0.4) is 0 Å². The van der Waals surface area contributed by atoms with Crippen molar-refractivity contribution in [3.8, 4) is 0 Å². The summed E-state index contributed by atoms with van der Waals surface area (Å²) < 4.78 is 0. The topological polar surface area (TPSA) is 0 Å². The van der Waals surface area contributed by atoms with E-state index in [1.807, 2.05) is 11.8 Å². The average molecular weight is 198 g/mol. The molecule has 0 aliphatic heterocycles. The molecule has 0 nitrogen and oxygen atoms in total. The van der Waals surface area contributed by atoms with Gasteiger partial charge in [0.05, 0.1) is 0 Å². The monoisotopic (exact) mass is 198 g/mol. The van der Waals surface area contributed by atoms with E-state index in [2.05, 4.69) is 53.3 Å². The maximum absolute atomic E-state index is 3.90. The molecular formula is C12H22S. The standard InChI is InChI=1S/C12H22S/c1-7-12(5,6)11(13-8-2)9-10(3)4/h7,9,11H,1,8H2,2-6H3. The highest BCUT2D eigenvalue weighted by Gasteiger charge is 2.23. The average Bonchev–Trinajstić information content (AvgIpc) is 2.03. The summed E-state index contributed by atoms with van der Waals surface area (Å²) >= 11 is 1.99. The first kappa shape index (κ1) is 12.8. The fraction of sp³-hybridized carbons (Fsp3) is 0.667. The second-order valence-corrected chi connectivity index (χ2v) is 5.56. The van der Waals surface area contributed by atoms with Gasteiger partial charge in [-0.2, -0.15) is 11.8 Å². The van der Waals surface area contributed by atoms with Gasteiger partial charge in [-0.1, -0.05) is 38.5 Å². The molecule has 0 aromatic rings. The number of rotatable bonds is 5. The van der Waals surface area contributed by atoms with Gasteiger partial charge in [-0.3, -0.25) is 0 Å². The van der Waals surface area contributed by atoms with Crippen molar-refractivity contribution in [2.75, 3.05) is 5.75 Å². The maximum Gasteiger partial charge on any atom is 0.0314 e. The Labute approximate surface area is 87.5 Å². The summed E-state index contributed by atoms with van der Waals surface area (Å²) in [5.74, 6) is 1.16. The lowest BCUT2D eigenvalue weighted by Crippen LogP contribution is -2.22. The first-order valence-corrected chi connectivity index (χ1v) is 5.89. The number of allylic oxidation sites excluding steroid dienone is 2. The Morgan fingerprint density at radius 2 is 2.00 bits per heavy atom. The van der Waals surface area contributed by atoms with Crippen LogP contribution in [0, 0.1) is 5.41 Å². The number of hydrogen-bond acceptors (Lipinski definition) is 1. The molecule has 1 heteroatoms. The minimum atomic E-state index is 0.192. The van der Waals surface area contributed by atoms with Crippen molar-refractivity contribution >= 4 is 11.8 Å². The van der Waals surface area contributed by atoms with Crippen LogP contribution >= 0.6 is 11.8 Å². The van der Waals surface area contributed by atoms with Crippen molar-refractivity contribution in [1.82, 2.24) is 0 Å². The highest BCUT2D eigenvalue weighted by atomic mass is 32.2. The van der Waals surface area contributed by atoms with E-state index in [1.54, 1.807) is 0 Å². The molecule has 0 saturated carbocycles. The summed E-state index contributed by atoms with van der Waals surface area (Å²) in [6.45, 7) is 14.9. The minimum absolute atomic E-state index is 0.192. The molecule has 1 atom stereocenters. The Morgan fingerprint density at radius 3 is 2.31 bits per heavy atom. The van der Waals surface area contributed by atoms with Crippen molar-refractivity contribution in [2.24, 2.45) is 5.41 Å². The molecule has 0 N–H and O–H groups in total. The van der Waals surface area contributed by atoms with E-state index in [0.717, 1.165) is 5.75 Å². The zero-order valence-electron chi connectivity index (χ0n) is 9.55. The van der Waals surface area contributed by atoms with E-state index in [0.29, 0.717) is 5.25 Å². The van der Waals surface area contributed by atoms with Gasteiger partial charge in [0.1, 0.15) is 0 Å². The van der Waals surface area contributed by atoms with Crippen molar-refractivity contribution < 1.29 is 0 Å². The number of hydrogen-bond donors (Lipinski definition) is 0. The third kappa shape index (κ3) is 4.56. The van der Waals surface area contributed by atoms with E-state index in [9.17, 15) is 0 Å². The van der Waals surface area contributed by atoms with Crippen LogP contribution in [-0.2, 0) is 0 Å². The van der Waals surface area contributed by atoms with Gasteiger partial charge in [0.2, 0.25) is 0 Å². The van der Waals surface area contributed by atoms with Crippen LogP contribution in [0.4, 0.5) is 0 Å². The van der Waals surface area contributed by atoms with Gasteiger partial charge < -0.3 is 0 Å². The fourth-order valence-corrected chi connectivity index (χ4v) is 2.33. The van der Waals surface area contributed by atoms with Crippen molar-refractivity contribution in [2.45, 2.75) is 39.9 Å². The molecule has 0 radical (unpaired) electrons. The Balaban J connectivity index is 4.59. The zero-order valence-corrected chi connectivity index (χ0v) is 10.4. The van der Waals surface area contributed by atoms with Crippen molar-refractivity contribution in [3.63, 3.8) is 0 Å². The highest BCUT2D eigenvalue weighted by Crippen LogP contribution is 2.33. The molecule has 0 aliphatic rings. The van der Waals surface area contributed by atoms with Gasteiger partial charge in [-0.25, -0.2) is 0 Å². The fourth-order valence-electron chi connectivity index (χ4n) is 1.08. The molecule has 0 rings (SSSR count). The summed E-state index contributed by atoms with van der Waals surface area (Å²) in [6.07, 6.45) is 4.40. The smallest absolute Gasteiger partial charge is 0.0314 e. The van der Waals surface area contributed by atoms with Crippen molar-refractivity contribution in [1.29, 1.82) is 0 Å². The van der Waals surface area contributed by atoms with Crippen LogP contribution in [0.2, 0.25) is 0 Å². The van der Waals surface area contributed by atoms with Crippen molar-refractivity contribution in [3.05, 3.63) is 24.3 Å². The molecule has 0 aromatic heterocycles. The third-order valence-corrected chi connectivity index (χ3v) is 3.53. The lowest BCUT2D eigenvalue weighted by Gasteiger charge is -2.28. The first-order valence-electron chi connectivity index (χ1n) is 4.84. The first-order chi connectivity index (χ1) is 5.94. The minimum Gasteiger partial charge on any atom is -0.154 e. The van der Waals surface area contributed by atoms with Crippen LogP contribution in [0.25, 0.3) is 0 Å². The van der Waals surface area contributed by atoms with E-state index < -0.39 is 0 Å². The predicted molar refractivity (Wildman–Crippen MR) is 65.3 cm³/mol. The lowest BCUT2D eigenvalue weighted by molar-refractivity contribution is 0.502. The van der Waals surface area contributed by atoms with Crippen LogP contribution in [-0.4, -0.2) is 11.0 Å². The molecule has 76 valence electrons. The van der Waals surface area contributed by atoms with Gasteiger partial charge in [-0.05, 0) is 25.0 Å². The molecule has 0 amide bonds. The summed E-state index contributed by atoms with van der Waals surface area (Å²) in [5.41, 5.74) is 1.58. The van der Waals surface area contributed by atoms with E-state index >= 15 is 0 Å². The Kier molecular flexibility index (Phi) is 5.46. The maximum atomic E-state index is 3.90. The molecule has 0 fully saturated rings. The molecule has 0 saturated heterocycles. The normalized spacial score (nSPS) is 13.6. The van der Waals surface area contributed by atoms with Gasteiger partial charge in [0.25, 0.3) is 0 Å². The summed E-state index contributed by atoms with van der Waals surface area (Å²) in [7, 11) is 0. The predicted octanol–water partition coefficient (Wildman–Crippen LogP) is 4.29. The molecule has 0 heterocycles. The molecule has 1 unspecified atom stereocenters.